The average molecular weight is 388 g/mol. The van der Waals surface area contributed by atoms with Gasteiger partial charge in [-0.25, -0.2) is 0 Å². The molecule has 0 aliphatic carbocycles. The zero-order chi connectivity index (χ0) is 19.9. The number of nitrogens with one attached hydrogen (secondary N) is 2. The van der Waals surface area contributed by atoms with E-state index in [0.717, 1.165) is 23.0 Å². The Morgan fingerprint density at radius 2 is 1.96 bits per heavy atom. The fourth-order valence-electron chi connectivity index (χ4n) is 3.26. The summed E-state index contributed by atoms with van der Waals surface area (Å²) in [4.78, 5) is 26.3. The van der Waals surface area contributed by atoms with Crippen molar-refractivity contribution in [3.05, 3.63) is 54.1 Å². The molecule has 6 nitrogen and oxygen atoms in total. The Morgan fingerprint density at radius 3 is 2.75 bits per heavy atom. The van der Waals surface area contributed by atoms with Crippen LogP contribution in [0.1, 0.15) is 12.0 Å². The van der Waals surface area contributed by atoms with E-state index < -0.39 is 23.6 Å². The molecule has 1 aliphatic heterocycles. The molecule has 1 saturated heterocycles. The zero-order valence-electron chi connectivity index (χ0n) is 14.5. The van der Waals surface area contributed by atoms with Crippen LogP contribution in [0.5, 0.6) is 0 Å². The standard InChI is InChI=1S/C19H15F3N4O2/c20-19(21,22)12-4-3-5-13(9-12)23-18(28)11-8-16(27)26(10-11)17-14-6-1-2-7-15(14)24-25-17/h1-7,9,11H,8,10H2,(H,23,28)(H,24,25). The first-order chi connectivity index (χ1) is 13.3. The van der Waals surface area contributed by atoms with Crippen molar-refractivity contribution in [2.75, 3.05) is 16.8 Å². The summed E-state index contributed by atoms with van der Waals surface area (Å²) in [6.45, 7) is 0.110. The summed E-state index contributed by atoms with van der Waals surface area (Å²) in [6, 6.07) is 11.7. The molecular weight excluding hydrogens is 373 g/mol. The molecule has 2 aromatic carbocycles. The van der Waals surface area contributed by atoms with Crippen molar-refractivity contribution < 1.29 is 22.8 Å². The summed E-state index contributed by atoms with van der Waals surface area (Å²) in [5.74, 6) is -1.01. The average Bonchev–Trinajstić information content (AvgIpc) is 3.24. The molecule has 3 aromatic rings. The van der Waals surface area contributed by atoms with E-state index in [2.05, 4.69) is 15.5 Å². The molecule has 144 valence electrons. The van der Waals surface area contributed by atoms with Crippen molar-refractivity contribution in [2.45, 2.75) is 12.6 Å². The van der Waals surface area contributed by atoms with E-state index in [1.165, 1.54) is 17.0 Å². The summed E-state index contributed by atoms with van der Waals surface area (Å²) >= 11 is 0. The van der Waals surface area contributed by atoms with Gasteiger partial charge < -0.3 is 5.32 Å². The maximum Gasteiger partial charge on any atom is 0.416 e. The first-order valence-electron chi connectivity index (χ1n) is 8.54. The van der Waals surface area contributed by atoms with Gasteiger partial charge in [0.05, 0.1) is 17.0 Å². The molecule has 1 fully saturated rings. The van der Waals surface area contributed by atoms with E-state index in [4.69, 9.17) is 0 Å². The van der Waals surface area contributed by atoms with Crippen LogP contribution in [-0.4, -0.2) is 28.6 Å². The lowest BCUT2D eigenvalue weighted by atomic mass is 10.1. The Balaban J connectivity index is 1.50. The predicted octanol–water partition coefficient (Wildman–Crippen LogP) is 3.57. The number of halogens is 3. The SMILES string of the molecule is O=C(Nc1cccc(C(F)(F)F)c1)C1CC(=O)N(c2n[nH]c3ccccc23)C1. The van der Waals surface area contributed by atoms with Crippen molar-refractivity contribution in [1.29, 1.82) is 0 Å². The summed E-state index contributed by atoms with van der Waals surface area (Å²) in [5.41, 5.74) is -0.0458. The molecule has 1 atom stereocenters. The number of alkyl halides is 3. The number of aromatic amines is 1. The van der Waals surface area contributed by atoms with Gasteiger partial charge in [0.1, 0.15) is 0 Å². The zero-order valence-corrected chi connectivity index (χ0v) is 14.5. The number of amides is 2. The van der Waals surface area contributed by atoms with Crippen LogP contribution < -0.4 is 10.2 Å². The van der Waals surface area contributed by atoms with Gasteiger partial charge in [0.25, 0.3) is 0 Å². The third-order valence-corrected chi connectivity index (χ3v) is 4.66. The third kappa shape index (κ3) is 3.30. The minimum Gasteiger partial charge on any atom is -0.326 e. The number of benzene rings is 2. The predicted molar refractivity (Wildman–Crippen MR) is 96.6 cm³/mol. The number of para-hydroxylation sites is 1. The minimum atomic E-state index is -4.50. The molecule has 2 heterocycles. The molecule has 28 heavy (non-hydrogen) atoms. The quantitative estimate of drug-likeness (QED) is 0.720. The number of fused-ring (bicyclic) bond motifs is 1. The highest BCUT2D eigenvalue weighted by atomic mass is 19.4. The van der Waals surface area contributed by atoms with Crippen molar-refractivity contribution in [3.63, 3.8) is 0 Å². The second kappa shape index (κ2) is 6.66. The highest BCUT2D eigenvalue weighted by Gasteiger charge is 2.37. The first kappa shape index (κ1) is 18.0. The van der Waals surface area contributed by atoms with Gasteiger partial charge in [-0.2, -0.15) is 18.3 Å². The molecule has 0 bridgehead atoms. The number of anilines is 2. The number of carbonyl (C=O) groups is 2. The van der Waals surface area contributed by atoms with E-state index in [9.17, 15) is 22.8 Å². The van der Waals surface area contributed by atoms with Gasteiger partial charge in [0, 0.05) is 24.0 Å². The summed E-state index contributed by atoms with van der Waals surface area (Å²) in [6.07, 6.45) is -4.53. The lowest BCUT2D eigenvalue weighted by Crippen LogP contribution is -2.28. The van der Waals surface area contributed by atoms with Crippen LogP contribution in [0.15, 0.2) is 48.5 Å². The van der Waals surface area contributed by atoms with E-state index >= 15 is 0 Å². The normalized spacial score (nSPS) is 17.3. The van der Waals surface area contributed by atoms with Crippen molar-refractivity contribution in [2.24, 2.45) is 5.92 Å². The molecule has 2 N–H and O–H groups in total. The third-order valence-electron chi connectivity index (χ3n) is 4.66. The number of hydrogen-bond acceptors (Lipinski definition) is 3. The molecule has 1 aromatic heterocycles. The second-order valence-electron chi connectivity index (χ2n) is 6.57. The van der Waals surface area contributed by atoms with Gasteiger partial charge in [-0.05, 0) is 30.3 Å². The van der Waals surface area contributed by atoms with Crippen molar-refractivity contribution in [3.8, 4) is 0 Å². The van der Waals surface area contributed by atoms with Gasteiger partial charge >= 0.3 is 6.18 Å². The Labute approximate surface area is 157 Å². The number of aromatic nitrogens is 2. The lowest BCUT2D eigenvalue weighted by molar-refractivity contribution is -0.137. The largest absolute Gasteiger partial charge is 0.416 e. The maximum absolute atomic E-state index is 12.8. The number of carbonyl (C=O) groups excluding carboxylic acids is 2. The van der Waals surface area contributed by atoms with Gasteiger partial charge in [-0.15, -0.1) is 0 Å². The van der Waals surface area contributed by atoms with Gasteiger partial charge in [0.15, 0.2) is 5.82 Å². The van der Waals surface area contributed by atoms with Crippen LogP contribution in [0.4, 0.5) is 24.7 Å². The fourth-order valence-corrected chi connectivity index (χ4v) is 3.26. The van der Waals surface area contributed by atoms with Crippen molar-refractivity contribution >= 4 is 34.2 Å². The van der Waals surface area contributed by atoms with Crippen LogP contribution in [0.2, 0.25) is 0 Å². The van der Waals surface area contributed by atoms with E-state index in [-0.39, 0.29) is 24.6 Å². The molecule has 4 rings (SSSR count). The van der Waals surface area contributed by atoms with Crippen LogP contribution in [0.25, 0.3) is 10.9 Å². The molecule has 9 heteroatoms. The van der Waals surface area contributed by atoms with E-state index in [1.807, 2.05) is 24.3 Å². The molecule has 0 saturated carbocycles. The number of rotatable bonds is 3. The number of nitrogens with zero attached hydrogens (tertiary/aromatic N) is 2. The first-order valence-corrected chi connectivity index (χ1v) is 8.54. The van der Waals surface area contributed by atoms with Crippen LogP contribution in [0.3, 0.4) is 0 Å². The Morgan fingerprint density at radius 1 is 1.18 bits per heavy atom. The minimum absolute atomic E-state index is 0.0357. The fraction of sp³-hybridized carbons (Fsp3) is 0.211. The van der Waals surface area contributed by atoms with Crippen LogP contribution in [0, 0.1) is 5.92 Å². The molecule has 1 aliphatic rings. The van der Waals surface area contributed by atoms with Crippen LogP contribution in [-0.2, 0) is 15.8 Å². The number of hydrogen-bond donors (Lipinski definition) is 2. The molecule has 0 spiro atoms. The Bertz CT molecular complexity index is 1060. The lowest BCUT2D eigenvalue weighted by Gasteiger charge is -2.15. The van der Waals surface area contributed by atoms with Gasteiger partial charge in [-0.3, -0.25) is 19.6 Å². The smallest absolute Gasteiger partial charge is 0.326 e. The van der Waals surface area contributed by atoms with Crippen LogP contribution >= 0.6 is 0 Å². The topological polar surface area (TPSA) is 78.1 Å². The number of H-pyrrole nitrogens is 1. The molecule has 1 unspecified atom stereocenters. The molecule has 0 radical (unpaired) electrons. The van der Waals surface area contributed by atoms with Gasteiger partial charge in [-0.1, -0.05) is 18.2 Å². The van der Waals surface area contributed by atoms with Gasteiger partial charge in [0.2, 0.25) is 11.8 Å². The Kier molecular flexibility index (Phi) is 4.29. The highest BCUT2D eigenvalue weighted by molar-refractivity contribution is 6.06. The molecular formula is C19H15F3N4O2. The summed E-state index contributed by atoms with van der Waals surface area (Å²) in [7, 11) is 0. The Hall–Kier alpha value is -3.36. The van der Waals surface area contributed by atoms with Crippen molar-refractivity contribution in [1.82, 2.24) is 10.2 Å². The highest BCUT2D eigenvalue weighted by Crippen LogP contribution is 2.32. The molecule has 2 amide bonds. The summed E-state index contributed by atoms with van der Waals surface area (Å²) < 4.78 is 38.5. The van der Waals surface area contributed by atoms with E-state index in [0.29, 0.717) is 5.82 Å². The van der Waals surface area contributed by atoms with E-state index in [1.54, 1.807) is 0 Å². The summed E-state index contributed by atoms with van der Waals surface area (Å²) in [5, 5.41) is 10.2. The monoisotopic (exact) mass is 388 g/mol. The second-order valence-corrected chi connectivity index (χ2v) is 6.57. The maximum atomic E-state index is 12.8.